The second-order valence-corrected chi connectivity index (χ2v) is 8.92. The van der Waals surface area contributed by atoms with Gasteiger partial charge in [-0.3, -0.25) is 9.88 Å². The van der Waals surface area contributed by atoms with Crippen molar-refractivity contribution in [3.05, 3.63) is 84.2 Å². The van der Waals surface area contributed by atoms with Gasteiger partial charge in [0.2, 0.25) is 0 Å². The van der Waals surface area contributed by atoms with Gasteiger partial charge in [0.25, 0.3) is 0 Å². The number of urea groups is 1. The van der Waals surface area contributed by atoms with Crippen molar-refractivity contribution in [2.24, 2.45) is 0 Å². The van der Waals surface area contributed by atoms with Crippen LogP contribution in [0.25, 0.3) is 21.9 Å². The topological polar surface area (TPSA) is 75.7 Å². The molecule has 2 amide bonds. The number of carbonyl (C=O) groups is 1. The van der Waals surface area contributed by atoms with Gasteiger partial charge >= 0.3 is 6.03 Å². The molecule has 1 aromatic heterocycles. The molecule has 5 rings (SSSR count). The predicted octanol–water partition coefficient (Wildman–Crippen LogP) is 5.70. The molecule has 7 heteroatoms. The molecule has 184 valence electrons. The van der Waals surface area contributed by atoms with Gasteiger partial charge in [-0.05, 0) is 47.7 Å². The first-order valence-electron chi connectivity index (χ1n) is 12.1. The molecule has 0 bridgehead atoms. The molecule has 0 radical (unpaired) electrons. The number of hydrogen-bond donors (Lipinski definition) is 2. The highest BCUT2D eigenvalue weighted by Gasteiger charge is 2.14. The largest absolute Gasteiger partial charge is 0.495 e. The first-order chi connectivity index (χ1) is 17.6. The summed E-state index contributed by atoms with van der Waals surface area (Å²) in [4.78, 5) is 19.9. The number of rotatable bonds is 6. The predicted molar refractivity (Wildman–Crippen MR) is 144 cm³/mol. The summed E-state index contributed by atoms with van der Waals surface area (Å²) in [5, 5.41) is 7.91. The number of aryl methyl sites for hydroxylation is 1. The van der Waals surface area contributed by atoms with Gasteiger partial charge in [-0.2, -0.15) is 0 Å². The van der Waals surface area contributed by atoms with Gasteiger partial charge in [-0.15, -0.1) is 0 Å². The van der Waals surface area contributed by atoms with Gasteiger partial charge in [0.05, 0.1) is 37.4 Å². The van der Waals surface area contributed by atoms with E-state index in [4.69, 9.17) is 14.5 Å². The molecule has 1 aliphatic rings. The molecule has 7 nitrogen and oxygen atoms in total. The Bertz CT molecular complexity index is 1370. The van der Waals surface area contributed by atoms with Crippen molar-refractivity contribution in [3.63, 3.8) is 0 Å². The van der Waals surface area contributed by atoms with E-state index in [0.29, 0.717) is 11.4 Å². The molecule has 0 aliphatic carbocycles. The van der Waals surface area contributed by atoms with Gasteiger partial charge in [0.15, 0.2) is 0 Å². The smallest absolute Gasteiger partial charge is 0.323 e. The van der Waals surface area contributed by atoms with Crippen LogP contribution in [-0.4, -0.2) is 49.3 Å². The quantitative estimate of drug-likeness (QED) is 0.369. The molecule has 0 unspecified atom stereocenters. The van der Waals surface area contributed by atoms with Crippen molar-refractivity contribution in [1.82, 2.24) is 9.88 Å². The van der Waals surface area contributed by atoms with Crippen molar-refractivity contribution in [2.45, 2.75) is 13.5 Å². The lowest BCUT2D eigenvalue weighted by atomic mass is 9.98. The zero-order valence-corrected chi connectivity index (χ0v) is 20.6. The summed E-state index contributed by atoms with van der Waals surface area (Å²) in [7, 11) is 1.59. The van der Waals surface area contributed by atoms with Gasteiger partial charge in [-0.25, -0.2) is 4.79 Å². The Morgan fingerprint density at radius 2 is 1.75 bits per heavy atom. The average Bonchev–Trinajstić information content (AvgIpc) is 2.90. The van der Waals surface area contributed by atoms with E-state index in [1.54, 1.807) is 7.11 Å². The number of methoxy groups -OCH3 is 1. The van der Waals surface area contributed by atoms with Crippen LogP contribution in [0.2, 0.25) is 0 Å². The summed E-state index contributed by atoms with van der Waals surface area (Å²) in [6, 6.07) is 21.6. The van der Waals surface area contributed by atoms with Gasteiger partial charge < -0.3 is 20.1 Å². The lowest BCUT2D eigenvalue weighted by molar-refractivity contribution is 0.0336. The number of nitrogens with one attached hydrogen (secondary N) is 2. The first kappa shape index (κ1) is 23.8. The van der Waals surface area contributed by atoms with E-state index in [1.807, 2.05) is 61.7 Å². The molecule has 2 heterocycles. The van der Waals surface area contributed by atoms with Crippen LogP contribution < -0.4 is 15.4 Å². The van der Waals surface area contributed by atoms with E-state index >= 15 is 0 Å². The highest BCUT2D eigenvalue weighted by molar-refractivity contribution is 6.10. The molecule has 36 heavy (non-hydrogen) atoms. The normalized spacial score (nSPS) is 13.9. The molecule has 0 saturated carbocycles. The molecule has 4 aromatic rings. The van der Waals surface area contributed by atoms with Gasteiger partial charge in [-0.1, -0.05) is 42.5 Å². The monoisotopic (exact) mass is 482 g/mol. The average molecular weight is 483 g/mol. The van der Waals surface area contributed by atoms with Gasteiger partial charge in [0, 0.05) is 36.8 Å². The Labute approximate surface area is 211 Å². The molecule has 0 spiro atoms. The zero-order valence-electron chi connectivity index (χ0n) is 20.6. The van der Waals surface area contributed by atoms with Crippen LogP contribution in [0, 0.1) is 6.92 Å². The Morgan fingerprint density at radius 1 is 0.972 bits per heavy atom. The van der Waals surface area contributed by atoms with E-state index in [0.717, 1.165) is 71.7 Å². The minimum Gasteiger partial charge on any atom is -0.495 e. The van der Waals surface area contributed by atoms with Crippen molar-refractivity contribution in [1.29, 1.82) is 0 Å². The van der Waals surface area contributed by atoms with Crippen LogP contribution in [0.4, 0.5) is 16.2 Å². The maximum Gasteiger partial charge on any atom is 0.323 e. The number of carbonyl (C=O) groups excluding carboxylic acids is 1. The molecule has 1 saturated heterocycles. The van der Waals surface area contributed by atoms with Crippen molar-refractivity contribution in [2.75, 3.05) is 44.0 Å². The molecular formula is C29H30N4O3. The van der Waals surface area contributed by atoms with Crippen LogP contribution in [0.3, 0.4) is 0 Å². The number of hydrogen-bond acceptors (Lipinski definition) is 5. The van der Waals surface area contributed by atoms with E-state index < -0.39 is 0 Å². The number of fused-ring (bicyclic) bond motifs is 1. The number of pyridine rings is 1. The Hall–Kier alpha value is -3.94. The number of ether oxygens (including phenoxy) is 2. The van der Waals surface area contributed by atoms with E-state index in [9.17, 15) is 4.79 Å². The maximum absolute atomic E-state index is 12.9. The number of morpholine rings is 1. The Balaban J connectivity index is 1.36. The highest BCUT2D eigenvalue weighted by atomic mass is 16.5. The van der Waals surface area contributed by atoms with Crippen molar-refractivity contribution < 1.29 is 14.3 Å². The van der Waals surface area contributed by atoms with Crippen LogP contribution in [0.5, 0.6) is 5.75 Å². The summed E-state index contributed by atoms with van der Waals surface area (Å²) in [5.74, 6) is 0.612. The number of nitrogens with zero attached hydrogens (tertiary/aromatic N) is 2. The summed E-state index contributed by atoms with van der Waals surface area (Å²) in [5.41, 5.74) is 5.55. The molecular weight excluding hydrogens is 452 g/mol. The van der Waals surface area contributed by atoms with Crippen molar-refractivity contribution in [3.8, 4) is 16.9 Å². The summed E-state index contributed by atoms with van der Waals surface area (Å²) in [6.45, 7) is 6.23. The van der Waals surface area contributed by atoms with Crippen LogP contribution in [0.1, 0.15) is 11.3 Å². The van der Waals surface area contributed by atoms with Crippen molar-refractivity contribution >= 4 is 28.2 Å². The lowest BCUT2D eigenvalue weighted by Crippen LogP contribution is -2.35. The number of benzene rings is 3. The summed E-state index contributed by atoms with van der Waals surface area (Å²) >= 11 is 0. The minimum absolute atomic E-state index is 0.328. The number of aromatic nitrogens is 1. The minimum atomic E-state index is -0.328. The van der Waals surface area contributed by atoms with Crippen LogP contribution in [-0.2, 0) is 11.3 Å². The second kappa shape index (κ2) is 10.8. The summed E-state index contributed by atoms with van der Waals surface area (Å²) in [6.07, 6.45) is 1.93. The first-order valence-corrected chi connectivity index (χ1v) is 12.1. The molecule has 0 atom stereocenters. The SMILES string of the molecule is COc1ccc(C)cc1NC(=O)Nc1ccc(-c2ccc(CN3CCOCC3)nc2)c2ccccc12. The standard InChI is InChI=1S/C29H30N4O3/c1-20-7-12-28(35-2)27(17-20)32-29(34)31-26-11-10-23(24-5-3-4-6-25(24)26)21-8-9-22(30-18-21)19-33-13-15-36-16-14-33/h3-12,17-18H,13-16,19H2,1-2H3,(H2,31,32,34). The summed E-state index contributed by atoms with van der Waals surface area (Å²) < 4.78 is 10.8. The fourth-order valence-corrected chi connectivity index (χ4v) is 4.52. The highest BCUT2D eigenvalue weighted by Crippen LogP contribution is 2.33. The molecule has 1 aliphatic heterocycles. The van der Waals surface area contributed by atoms with E-state index in [1.165, 1.54) is 0 Å². The lowest BCUT2D eigenvalue weighted by Gasteiger charge is -2.26. The maximum atomic E-state index is 12.9. The Kier molecular flexibility index (Phi) is 7.11. The molecule has 2 N–H and O–H groups in total. The molecule has 1 fully saturated rings. The molecule has 3 aromatic carbocycles. The van der Waals surface area contributed by atoms with Gasteiger partial charge in [0.1, 0.15) is 5.75 Å². The number of amides is 2. The third-order valence-corrected chi connectivity index (χ3v) is 6.40. The zero-order chi connectivity index (χ0) is 24.9. The third kappa shape index (κ3) is 5.32. The third-order valence-electron chi connectivity index (χ3n) is 6.40. The van der Waals surface area contributed by atoms with E-state index in [2.05, 4.69) is 33.7 Å². The number of anilines is 2. The Morgan fingerprint density at radius 3 is 2.50 bits per heavy atom. The van der Waals surface area contributed by atoms with Crippen LogP contribution in [0.15, 0.2) is 72.9 Å². The van der Waals surface area contributed by atoms with Crippen LogP contribution >= 0.6 is 0 Å². The fourth-order valence-electron chi connectivity index (χ4n) is 4.52. The fraction of sp³-hybridized carbons (Fsp3) is 0.241. The van der Waals surface area contributed by atoms with E-state index in [-0.39, 0.29) is 6.03 Å². The second-order valence-electron chi connectivity index (χ2n) is 8.92.